The van der Waals surface area contributed by atoms with Crippen LogP contribution in [0.1, 0.15) is 32.0 Å². The third-order valence-corrected chi connectivity index (χ3v) is 2.96. The van der Waals surface area contributed by atoms with Crippen molar-refractivity contribution in [3.05, 3.63) is 11.7 Å². The van der Waals surface area contributed by atoms with Gasteiger partial charge in [-0.1, -0.05) is 12.1 Å². The van der Waals surface area contributed by atoms with Gasteiger partial charge in [-0.3, -0.25) is 4.90 Å². The van der Waals surface area contributed by atoms with E-state index in [0.29, 0.717) is 6.04 Å². The molecule has 2 heterocycles. The van der Waals surface area contributed by atoms with E-state index in [1.54, 1.807) is 0 Å². The van der Waals surface area contributed by atoms with E-state index in [4.69, 9.17) is 4.52 Å². The Hall–Kier alpha value is -0.650. The van der Waals surface area contributed by atoms with Crippen LogP contribution in [0.15, 0.2) is 4.52 Å². The second-order valence-corrected chi connectivity index (χ2v) is 4.38. The second-order valence-electron chi connectivity index (χ2n) is 4.38. The molecule has 0 amide bonds. The Kier molecular flexibility index (Phi) is 5.88. The van der Waals surface area contributed by atoms with Gasteiger partial charge in [0.05, 0.1) is 6.54 Å². The molecule has 1 atom stereocenters. The van der Waals surface area contributed by atoms with Gasteiger partial charge in [0.15, 0.2) is 5.82 Å². The van der Waals surface area contributed by atoms with Crippen LogP contribution in [0.4, 0.5) is 0 Å². The van der Waals surface area contributed by atoms with Gasteiger partial charge in [-0.25, -0.2) is 0 Å². The zero-order valence-electron chi connectivity index (χ0n) is 10.5. The molecule has 1 aliphatic heterocycles. The summed E-state index contributed by atoms with van der Waals surface area (Å²) < 4.78 is 5.18. The molecule has 0 aliphatic carbocycles. The molecule has 1 aromatic heterocycles. The van der Waals surface area contributed by atoms with Crippen LogP contribution in [0.25, 0.3) is 0 Å². The summed E-state index contributed by atoms with van der Waals surface area (Å²) in [4.78, 5) is 6.77. The van der Waals surface area contributed by atoms with Gasteiger partial charge in [0, 0.05) is 32.1 Å². The quantitative estimate of drug-likeness (QED) is 0.883. The van der Waals surface area contributed by atoms with E-state index in [-0.39, 0.29) is 12.4 Å². The Morgan fingerprint density at radius 1 is 1.53 bits per heavy atom. The molecule has 0 radical (unpaired) electrons. The Morgan fingerprint density at radius 2 is 2.35 bits per heavy atom. The lowest BCUT2D eigenvalue weighted by Crippen LogP contribution is -2.49. The van der Waals surface area contributed by atoms with Crippen molar-refractivity contribution >= 4 is 12.4 Å². The standard InChI is InChI=1S/C11H20N4O.ClH/c1-3-4-11-13-10(14-16-11)8-15-6-5-12-7-9(15)2;/h9,12H,3-8H2,1-2H3;1H/t9-;/m0./s1. The Labute approximate surface area is 108 Å². The molecule has 0 aromatic carbocycles. The van der Waals surface area contributed by atoms with Crippen molar-refractivity contribution in [2.24, 2.45) is 0 Å². The third kappa shape index (κ3) is 3.94. The number of halogens is 1. The third-order valence-electron chi connectivity index (χ3n) is 2.96. The minimum absolute atomic E-state index is 0. The van der Waals surface area contributed by atoms with Crippen molar-refractivity contribution in [1.82, 2.24) is 20.4 Å². The van der Waals surface area contributed by atoms with Crippen molar-refractivity contribution < 1.29 is 4.52 Å². The summed E-state index contributed by atoms with van der Waals surface area (Å²) in [5.74, 6) is 1.58. The van der Waals surface area contributed by atoms with Gasteiger partial charge in [-0.05, 0) is 13.3 Å². The summed E-state index contributed by atoms with van der Waals surface area (Å²) in [6.45, 7) is 8.28. The molecule has 0 bridgehead atoms. The van der Waals surface area contributed by atoms with E-state index in [1.165, 1.54) is 0 Å². The molecule has 1 aromatic rings. The first kappa shape index (κ1) is 14.4. The predicted octanol–water partition coefficient (Wildman–Crippen LogP) is 1.24. The van der Waals surface area contributed by atoms with Crippen molar-refractivity contribution in [3.8, 4) is 0 Å². The van der Waals surface area contributed by atoms with E-state index < -0.39 is 0 Å². The summed E-state index contributed by atoms with van der Waals surface area (Å²) in [6, 6.07) is 0.543. The maximum Gasteiger partial charge on any atom is 0.226 e. The van der Waals surface area contributed by atoms with Gasteiger partial charge < -0.3 is 9.84 Å². The van der Waals surface area contributed by atoms with Crippen LogP contribution in [-0.4, -0.2) is 40.7 Å². The molecule has 98 valence electrons. The van der Waals surface area contributed by atoms with Crippen LogP contribution < -0.4 is 5.32 Å². The maximum atomic E-state index is 5.18. The number of nitrogens with zero attached hydrogens (tertiary/aromatic N) is 3. The maximum absolute atomic E-state index is 5.18. The van der Waals surface area contributed by atoms with Crippen molar-refractivity contribution in [3.63, 3.8) is 0 Å². The lowest BCUT2D eigenvalue weighted by molar-refractivity contribution is 0.160. The number of hydrogen-bond acceptors (Lipinski definition) is 5. The Balaban J connectivity index is 0.00000144. The van der Waals surface area contributed by atoms with E-state index in [2.05, 4.69) is 34.2 Å². The molecule has 1 saturated heterocycles. The van der Waals surface area contributed by atoms with Gasteiger partial charge >= 0.3 is 0 Å². The number of hydrogen-bond donors (Lipinski definition) is 1. The molecule has 1 fully saturated rings. The molecule has 0 unspecified atom stereocenters. The highest BCUT2D eigenvalue weighted by Crippen LogP contribution is 2.08. The summed E-state index contributed by atoms with van der Waals surface area (Å²) in [7, 11) is 0. The van der Waals surface area contributed by atoms with E-state index in [9.17, 15) is 0 Å². The average molecular weight is 261 g/mol. The van der Waals surface area contributed by atoms with E-state index >= 15 is 0 Å². The van der Waals surface area contributed by atoms with Gasteiger partial charge in [0.2, 0.25) is 5.89 Å². The number of nitrogens with one attached hydrogen (secondary N) is 1. The minimum Gasteiger partial charge on any atom is -0.339 e. The summed E-state index contributed by atoms with van der Waals surface area (Å²) >= 11 is 0. The zero-order valence-corrected chi connectivity index (χ0v) is 11.3. The summed E-state index contributed by atoms with van der Waals surface area (Å²) in [5, 5.41) is 7.39. The van der Waals surface area contributed by atoms with Gasteiger partial charge in [0.25, 0.3) is 0 Å². The van der Waals surface area contributed by atoms with Gasteiger partial charge in [-0.2, -0.15) is 4.98 Å². The normalized spacial score (nSPS) is 21.2. The topological polar surface area (TPSA) is 54.2 Å². The molecule has 6 heteroatoms. The molecule has 1 N–H and O–H groups in total. The molecular formula is C11H21ClN4O. The largest absolute Gasteiger partial charge is 0.339 e. The van der Waals surface area contributed by atoms with Crippen LogP contribution in [0, 0.1) is 0 Å². The molecule has 17 heavy (non-hydrogen) atoms. The monoisotopic (exact) mass is 260 g/mol. The number of aryl methyl sites for hydroxylation is 1. The molecule has 0 saturated carbocycles. The summed E-state index contributed by atoms with van der Waals surface area (Å²) in [5.41, 5.74) is 0. The number of aromatic nitrogens is 2. The SMILES string of the molecule is CCCc1nc(CN2CCNC[C@@H]2C)no1.Cl. The van der Waals surface area contributed by atoms with Crippen LogP contribution >= 0.6 is 12.4 Å². The predicted molar refractivity (Wildman–Crippen MR) is 68.3 cm³/mol. The molecule has 2 rings (SSSR count). The molecule has 5 nitrogen and oxygen atoms in total. The fraction of sp³-hybridized carbons (Fsp3) is 0.818. The van der Waals surface area contributed by atoms with Crippen molar-refractivity contribution in [2.75, 3.05) is 19.6 Å². The highest BCUT2D eigenvalue weighted by Gasteiger charge is 2.19. The highest BCUT2D eigenvalue weighted by atomic mass is 35.5. The van der Waals surface area contributed by atoms with Crippen LogP contribution in [0.2, 0.25) is 0 Å². The lowest BCUT2D eigenvalue weighted by Gasteiger charge is -2.32. The Bertz CT molecular complexity index is 331. The first-order chi connectivity index (χ1) is 7.79. The summed E-state index contributed by atoms with van der Waals surface area (Å²) in [6.07, 6.45) is 1.93. The smallest absolute Gasteiger partial charge is 0.226 e. The molecular weight excluding hydrogens is 240 g/mol. The van der Waals surface area contributed by atoms with Crippen molar-refractivity contribution in [1.29, 1.82) is 0 Å². The van der Waals surface area contributed by atoms with E-state index in [0.717, 1.165) is 50.7 Å². The second kappa shape index (κ2) is 6.93. The molecule has 0 spiro atoms. The van der Waals surface area contributed by atoms with Crippen LogP contribution in [0.3, 0.4) is 0 Å². The first-order valence-corrected chi connectivity index (χ1v) is 6.06. The number of rotatable bonds is 4. The lowest BCUT2D eigenvalue weighted by atomic mass is 10.2. The average Bonchev–Trinajstić information content (AvgIpc) is 2.70. The van der Waals surface area contributed by atoms with Crippen LogP contribution in [-0.2, 0) is 13.0 Å². The Morgan fingerprint density at radius 3 is 3.06 bits per heavy atom. The highest BCUT2D eigenvalue weighted by molar-refractivity contribution is 5.85. The zero-order chi connectivity index (χ0) is 11.4. The van der Waals surface area contributed by atoms with Gasteiger partial charge in [0.1, 0.15) is 0 Å². The fourth-order valence-corrected chi connectivity index (χ4v) is 1.97. The molecule has 1 aliphatic rings. The fourth-order valence-electron chi connectivity index (χ4n) is 1.97. The van der Waals surface area contributed by atoms with Crippen molar-refractivity contribution in [2.45, 2.75) is 39.3 Å². The first-order valence-electron chi connectivity index (χ1n) is 6.06. The van der Waals surface area contributed by atoms with E-state index in [1.807, 2.05) is 0 Å². The minimum atomic E-state index is 0. The number of piperazine rings is 1. The van der Waals surface area contributed by atoms with Gasteiger partial charge in [-0.15, -0.1) is 12.4 Å². The van der Waals surface area contributed by atoms with Crippen LogP contribution in [0.5, 0.6) is 0 Å².